The maximum absolute atomic E-state index is 16.1. The van der Waals surface area contributed by atoms with E-state index in [0.717, 1.165) is 37.4 Å². The van der Waals surface area contributed by atoms with Gasteiger partial charge in [-0.3, -0.25) is 14.9 Å². The molecular formula is C28H30FN9O. The third-order valence-electron chi connectivity index (χ3n) is 7.09. The lowest BCUT2D eigenvalue weighted by Gasteiger charge is -2.34. The molecule has 1 aliphatic heterocycles. The van der Waals surface area contributed by atoms with Crippen molar-refractivity contribution in [2.24, 2.45) is 5.41 Å². The van der Waals surface area contributed by atoms with Crippen LogP contribution in [0.25, 0.3) is 44.7 Å². The fraction of sp³-hybridized carbons (Fsp3) is 0.321. The molecule has 10 nitrogen and oxygen atoms in total. The van der Waals surface area contributed by atoms with Crippen molar-refractivity contribution >= 4 is 39.3 Å². The van der Waals surface area contributed by atoms with Gasteiger partial charge in [0.15, 0.2) is 11.5 Å². The highest BCUT2D eigenvalue weighted by molar-refractivity contribution is 5.98. The van der Waals surface area contributed by atoms with E-state index in [1.807, 2.05) is 26.8 Å². The van der Waals surface area contributed by atoms with Gasteiger partial charge in [0.25, 0.3) is 0 Å². The monoisotopic (exact) mass is 527 g/mol. The quantitative estimate of drug-likeness (QED) is 0.316. The van der Waals surface area contributed by atoms with Gasteiger partial charge in [-0.1, -0.05) is 20.8 Å². The van der Waals surface area contributed by atoms with Crippen LogP contribution in [0.3, 0.4) is 0 Å². The van der Waals surface area contributed by atoms with E-state index in [4.69, 9.17) is 0 Å². The number of anilines is 2. The maximum atomic E-state index is 16.1. The standard InChI is InChI=1S/C28H30FN9O/c1-28(2,3)27(39)32-17-13-16(14-30-15-17)18-5-6-19-21(22(18)29)24(36-35-19)26-33-23-20(7-8-31-25(23)34-26)38-11-9-37(4)10-12-38/h5-8,13-15H,9-12H2,1-4H3,(H,32,39)(H,35,36)(H,31,33,34). The summed E-state index contributed by atoms with van der Waals surface area (Å²) in [5.74, 6) is -0.167. The highest BCUT2D eigenvalue weighted by Crippen LogP contribution is 2.35. The Bertz CT molecular complexity index is 1690. The first-order valence-electron chi connectivity index (χ1n) is 12.9. The van der Waals surface area contributed by atoms with Gasteiger partial charge >= 0.3 is 0 Å². The molecule has 0 saturated carbocycles. The summed E-state index contributed by atoms with van der Waals surface area (Å²) in [7, 11) is 2.12. The molecule has 1 aromatic carbocycles. The number of imidazole rings is 1. The van der Waals surface area contributed by atoms with Crippen LogP contribution in [0.2, 0.25) is 0 Å². The van der Waals surface area contributed by atoms with Crippen LogP contribution >= 0.6 is 0 Å². The van der Waals surface area contributed by atoms with Crippen molar-refractivity contribution in [2.45, 2.75) is 20.8 Å². The number of fused-ring (bicyclic) bond motifs is 2. The summed E-state index contributed by atoms with van der Waals surface area (Å²) >= 11 is 0. The topological polar surface area (TPSA) is 119 Å². The molecular weight excluding hydrogens is 497 g/mol. The van der Waals surface area contributed by atoms with Crippen LogP contribution in [0.15, 0.2) is 42.9 Å². The van der Waals surface area contributed by atoms with Crippen molar-refractivity contribution in [3.63, 3.8) is 0 Å². The first kappa shape index (κ1) is 24.9. The van der Waals surface area contributed by atoms with Crippen LogP contribution in [-0.4, -0.2) is 74.2 Å². The van der Waals surface area contributed by atoms with Crippen LogP contribution in [0.1, 0.15) is 20.8 Å². The first-order valence-corrected chi connectivity index (χ1v) is 12.9. The van der Waals surface area contributed by atoms with Gasteiger partial charge < -0.3 is 20.1 Å². The number of rotatable bonds is 4. The summed E-state index contributed by atoms with van der Waals surface area (Å²) in [6, 6.07) is 7.16. The van der Waals surface area contributed by atoms with Gasteiger partial charge in [0.2, 0.25) is 5.91 Å². The number of halogens is 1. The van der Waals surface area contributed by atoms with E-state index >= 15 is 4.39 Å². The van der Waals surface area contributed by atoms with Crippen LogP contribution in [0.4, 0.5) is 15.8 Å². The van der Waals surface area contributed by atoms with Crippen LogP contribution < -0.4 is 10.2 Å². The highest BCUT2D eigenvalue weighted by Gasteiger charge is 2.24. The SMILES string of the molecule is CN1CCN(c2ccnc3nc(-c4n[nH]c5ccc(-c6cncc(NC(=O)C(C)(C)C)c6)c(F)c45)[nH]c23)CC1. The minimum absolute atomic E-state index is 0.149. The number of aromatic amines is 2. The Morgan fingerprint density at radius 2 is 1.90 bits per heavy atom. The Hall–Kier alpha value is -4.38. The molecule has 11 heteroatoms. The lowest BCUT2D eigenvalue weighted by atomic mass is 9.95. The molecule has 4 aromatic heterocycles. The molecule has 1 amide bonds. The fourth-order valence-corrected chi connectivity index (χ4v) is 4.76. The Balaban J connectivity index is 1.39. The molecule has 0 aliphatic carbocycles. The molecule has 3 N–H and O–H groups in total. The molecule has 1 saturated heterocycles. The second-order valence-corrected chi connectivity index (χ2v) is 11.0. The van der Waals surface area contributed by atoms with Gasteiger partial charge in [0, 0.05) is 55.1 Å². The lowest BCUT2D eigenvalue weighted by molar-refractivity contribution is -0.123. The molecule has 5 heterocycles. The van der Waals surface area contributed by atoms with Crippen molar-refractivity contribution in [1.82, 2.24) is 35.0 Å². The molecule has 1 aliphatic rings. The first-order chi connectivity index (χ1) is 18.7. The number of amides is 1. The van der Waals surface area contributed by atoms with E-state index in [-0.39, 0.29) is 5.91 Å². The number of piperazine rings is 1. The molecule has 200 valence electrons. The molecule has 0 bridgehead atoms. The van der Waals surface area contributed by atoms with E-state index in [0.29, 0.717) is 44.9 Å². The molecule has 6 rings (SSSR count). The Labute approximate surface area is 224 Å². The predicted octanol–water partition coefficient (Wildman–Crippen LogP) is 4.44. The predicted molar refractivity (Wildman–Crippen MR) is 150 cm³/mol. The van der Waals surface area contributed by atoms with Crippen molar-refractivity contribution in [1.29, 1.82) is 0 Å². The number of carbonyl (C=O) groups is 1. The zero-order valence-corrected chi connectivity index (χ0v) is 22.3. The Kier molecular flexibility index (Phi) is 6.02. The molecule has 0 radical (unpaired) electrons. The third-order valence-corrected chi connectivity index (χ3v) is 7.09. The number of carbonyl (C=O) groups excluding carboxylic acids is 1. The third kappa shape index (κ3) is 4.59. The average Bonchev–Trinajstić information content (AvgIpc) is 3.54. The Morgan fingerprint density at radius 1 is 1.10 bits per heavy atom. The summed E-state index contributed by atoms with van der Waals surface area (Å²) < 4.78 is 16.1. The Morgan fingerprint density at radius 3 is 2.67 bits per heavy atom. The van der Waals surface area contributed by atoms with Crippen molar-refractivity contribution in [3.05, 3.63) is 48.7 Å². The second-order valence-electron chi connectivity index (χ2n) is 11.0. The van der Waals surface area contributed by atoms with Gasteiger partial charge in [0.05, 0.1) is 28.5 Å². The smallest absolute Gasteiger partial charge is 0.229 e. The van der Waals surface area contributed by atoms with Crippen LogP contribution in [0, 0.1) is 11.2 Å². The van der Waals surface area contributed by atoms with Crippen LogP contribution in [-0.2, 0) is 4.79 Å². The van der Waals surface area contributed by atoms with E-state index in [2.05, 4.69) is 52.3 Å². The van der Waals surface area contributed by atoms with Gasteiger partial charge in [-0.15, -0.1) is 0 Å². The normalized spacial score (nSPS) is 14.8. The average molecular weight is 528 g/mol. The van der Waals surface area contributed by atoms with Gasteiger partial charge in [0.1, 0.15) is 17.0 Å². The number of benzene rings is 1. The molecule has 39 heavy (non-hydrogen) atoms. The molecule has 0 spiro atoms. The van der Waals surface area contributed by atoms with Crippen molar-refractivity contribution in [3.8, 4) is 22.6 Å². The minimum Gasteiger partial charge on any atom is -0.367 e. The maximum Gasteiger partial charge on any atom is 0.229 e. The fourth-order valence-electron chi connectivity index (χ4n) is 4.76. The number of hydrogen-bond acceptors (Lipinski definition) is 7. The zero-order chi connectivity index (χ0) is 27.3. The van der Waals surface area contributed by atoms with E-state index < -0.39 is 11.2 Å². The van der Waals surface area contributed by atoms with E-state index in [9.17, 15) is 4.79 Å². The number of nitrogens with one attached hydrogen (secondary N) is 3. The van der Waals surface area contributed by atoms with Gasteiger partial charge in [-0.05, 0) is 31.3 Å². The summed E-state index contributed by atoms with van der Waals surface area (Å²) in [5.41, 5.74) is 4.11. The van der Waals surface area contributed by atoms with Gasteiger partial charge in [-0.25, -0.2) is 14.4 Å². The number of aromatic nitrogens is 6. The molecule has 0 unspecified atom stereocenters. The van der Waals surface area contributed by atoms with Crippen LogP contribution in [0.5, 0.6) is 0 Å². The van der Waals surface area contributed by atoms with E-state index in [1.54, 1.807) is 36.8 Å². The summed E-state index contributed by atoms with van der Waals surface area (Å²) in [4.78, 5) is 33.8. The second kappa shape index (κ2) is 9.42. The van der Waals surface area contributed by atoms with Crippen molar-refractivity contribution in [2.75, 3.05) is 43.4 Å². The highest BCUT2D eigenvalue weighted by atomic mass is 19.1. The number of nitrogens with zero attached hydrogens (tertiary/aromatic N) is 6. The number of pyridine rings is 2. The summed E-state index contributed by atoms with van der Waals surface area (Å²) in [6.45, 7) is 9.23. The zero-order valence-electron chi connectivity index (χ0n) is 22.3. The lowest BCUT2D eigenvalue weighted by Crippen LogP contribution is -2.44. The summed E-state index contributed by atoms with van der Waals surface area (Å²) in [5, 5.41) is 10.5. The molecule has 1 fully saturated rings. The minimum atomic E-state index is -0.572. The molecule has 5 aromatic rings. The molecule has 0 atom stereocenters. The van der Waals surface area contributed by atoms with E-state index in [1.165, 1.54) is 0 Å². The van der Waals surface area contributed by atoms with Gasteiger partial charge in [-0.2, -0.15) is 5.10 Å². The number of likely N-dealkylation sites (N-methyl/N-ethyl adjacent to an activating group) is 1. The number of hydrogen-bond donors (Lipinski definition) is 3. The van der Waals surface area contributed by atoms with Crippen molar-refractivity contribution < 1.29 is 9.18 Å². The number of H-pyrrole nitrogens is 2. The largest absolute Gasteiger partial charge is 0.367 e. The summed E-state index contributed by atoms with van der Waals surface area (Å²) in [6.07, 6.45) is 4.87.